The van der Waals surface area contributed by atoms with E-state index in [1.807, 2.05) is 5.32 Å². The van der Waals surface area contributed by atoms with Gasteiger partial charge in [0.25, 0.3) is 17.4 Å². The van der Waals surface area contributed by atoms with E-state index >= 15 is 0 Å². The van der Waals surface area contributed by atoms with Gasteiger partial charge in [-0.05, 0) is 6.07 Å². The van der Waals surface area contributed by atoms with Crippen LogP contribution in [0.3, 0.4) is 0 Å². The zero-order valence-electron chi connectivity index (χ0n) is 12.1. The Morgan fingerprint density at radius 1 is 1.04 bits per heavy atom. The Morgan fingerprint density at radius 3 is 2.32 bits per heavy atom. The quantitative estimate of drug-likeness (QED) is 0.446. The molecule has 0 aliphatic carbocycles. The molecule has 12 heteroatoms. The molecule has 0 fully saturated rings. The summed E-state index contributed by atoms with van der Waals surface area (Å²) in [7, 11) is 0. The molecule has 1 aromatic carbocycles. The van der Waals surface area contributed by atoms with E-state index in [4.69, 9.17) is 5.73 Å². The third kappa shape index (κ3) is 2.20. The molecule has 126 valence electrons. The number of imide groups is 1. The number of nitrogens with one attached hydrogen (secondary N) is 1. The fraction of sp³-hybridized carbons (Fsp3) is 0. The van der Waals surface area contributed by atoms with Crippen molar-refractivity contribution in [2.75, 3.05) is 5.73 Å². The van der Waals surface area contributed by atoms with Crippen LogP contribution in [0.25, 0.3) is 5.69 Å². The Bertz CT molecular complexity index is 1060. The lowest BCUT2D eigenvalue weighted by molar-refractivity contribution is -0.422. The van der Waals surface area contributed by atoms with Gasteiger partial charge in [0, 0.05) is 12.1 Å². The molecule has 2 amide bonds. The normalized spacial score (nSPS) is 12.6. The van der Waals surface area contributed by atoms with Crippen LogP contribution in [0, 0.1) is 20.2 Å². The molecule has 0 atom stereocenters. The summed E-state index contributed by atoms with van der Waals surface area (Å²) >= 11 is 0. The predicted octanol–water partition coefficient (Wildman–Crippen LogP) is 0.120. The highest BCUT2D eigenvalue weighted by molar-refractivity contribution is 6.23. The highest BCUT2D eigenvalue weighted by atomic mass is 16.6. The number of nitro benzene ring substituents is 2. The van der Waals surface area contributed by atoms with Crippen LogP contribution in [0.4, 0.5) is 17.2 Å². The van der Waals surface area contributed by atoms with E-state index in [2.05, 4.69) is 0 Å². The van der Waals surface area contributed by atoms with Gasteiger partial charge in [0.05, 0.1) is 21.0 Å². The number of para-hydroxylation sites is 1. The van der Waals surface area contributed by atoms with E-state index in [9.17, 15) is 34.6 Å². The van der Waals surface area contributed by atoms with Crippen LogP contribution < -0.4 is 16.6 Å². The minimum atomic E-state index is -1.03. The van der Waals surface area contributed by atoms with Crippen LogP contribution in [0.1, 0.15) is 20.7 Å². The molecule has 3 rings (SSSR count). The number of carbonyl (C=O) groups is 2. The van der Waals surface area contributed by atoms with Crippen LogP contribution in [-0.2, 0) is 0 Å². The van der Waals surface area contributed by atoms with Crippen LogP contribution >= 0.6 is 0 Å². The lowest BCUT2D eigenvalue weighted by Crippen LogP contribution is -2.24. The van der Waals surface area contributed by atoms with Gasteiger partial charge < -0.3 is 5.73 Å². The largest absolute Gasteiger partial charge is 0.384 e. The number of fused-ring (bicyclic) bond motifs is 1. The minimum absolute atomic E-state index is 0.267. The number of aromatic nitrogens is 1. The maximum atomic E-state index is 12.3. The minimum Gasteiger partial charge on any atom is -0.384 e. The van der Waals surface area contributed by atoms with Gasteiger partial charge >= 0.3 is 11.4 Å². The predicted molar refractivity (Wildman–Crippen MR) is 81.6 cm³/mol. The van der Waals surface area contributed by atoms with Crippen molar-refractivity contribution in [2.45, 2.75) is 0 Å². The van der Waals surface area contributed by atoms with Crippen molar-refractivity contribution < 1.29 is 19.4 Å². The average Bonchev–Trinajstić information content (AvgIpc) is 2.81. The summed E-state index contributed by atoms with van der Waals surface area (Å²) in [5, 5.41) is 24.3. The molecule has 0 spiro atoms. The van der Waals surface area contributed by atoms with Gasteiger partial charge in [0.15, 0.2) is 0 Å². The monoisotopic (exact) mass is 345 g/mol. The number of pyridine rings is 1. The number of anilines is 1. The van der Waals surface area contributed by atoms with Gasteiger partial charge in [-0.15, -0.1) is 0 Å². The lowest BCUT2D eigenvalue weighted by Gasteiger charge is -2.11. The molecule has 0 radical (unpaired) electrons. The second-order valence-electron chi connectivity index (χ2n) is 4.93. The number of nitrogens with two attached hydrogens (primary N) is 1. The van der Waals surface area contributed by atoms with E-state index in [-0.39, 0.29) is 11.1 Å². The number of benzene rings is 1. The summed E-state index contributed by atoms with van der Waals surface area (Å²) < 4.78 is 0.585. The van der Waals surface area contributed by atoms with Crippen molar-refractivity contribution in [1.29, 1.82) is 0 Å². The van der Waals surface area contributed by atoms with Crippen LogP contribution in [0.15, 0.2) is 29.1 Å². The van der Waals surface area contributed by atoms with E-state index in [0.29, 0.717) is 4.57 Å². The summed E-state index contributed by atoms with van der Waals surface area (Å²) in [4.78, 5) is 56.1. The first-order chi connectivity index (χ1) is 11.7. The summed E-state index contributed by atoms with van der Waals surface area (Å²) in [6.45, 7) is 0. The van der Waals surface area contributed by atoms with Crippen molar-refractivity contribution in [3.63, 3.8) is 0 Å². The van der Waals surface area contributed by atoms with E-state index in [1.165, 1.54) is 0 Å². The average molecular weight is 345 g/mol. The Balaban J connectivity index is 2.42. The topological polar surface area (TPSA) is 180 Å². The zero-order chi connectivity index (χ0) is 18.5. The van der Waals surface area contributed by atoms with E-state index in [0.717, 1.165) is 24.3 Å². The fourth-order valence-corrected chi connectivity index (χ4v) is 2.56. The first-order valence-electron chi connectivity index (χ1n) is 6.57. The SMILES string of the molecule is Nc1c2c(cc(=O)n1-c1cccc([N+](=O)[O-])c1[N+](=O)[O-])C(=O)NC2=O. The Labute approximate surface area is 136 Å². The highest BCUT2D eigenvalue weighted by Crippen LogP contribution is 2.34. The van der Waals surface area contributed by atoms with E-state index < -0.39 is 50.1 Å². The number of rotatable bonds is 3. The van der Waals surface area contributed by atoms with E-state index in [1.54, 1.807) is 0 Å². The van der Waals surface area contributed by atoms with Gasteiger partial charge in [0.1, 0.15) is 11.5 Å². The van der Waals surface area contributed by atoms with Crippen molar-refractivity contribution in [3.8, 4) is 5.69 Å². The molecule has 1 aliphatic rings. The highest BCUT2D eigenvalue weighted by Gasteiger charge is 2.35. The van der Waals surface area contributed by atoms with Crippen molar-refractivity contribution in [1.82, 2.24) is 9.88 Å². The number of nitro groups is 2. The molecular formula is C13H7N5O7. The molecule has 2 heterocycles. The molecule has 3 N–H and O–H groups in total. The van der Waals surface area contributed by atoms with Gasteiger partial charge in [-0.1, -0.05) is 6.07 Å². The maximum absolute atomic E-state index is 12.3. The first kappa shape index (κ1) is 15.8. The summed E-state index contributed by atoms with van der Waals surface area (Å²) in [5.41, 5.74) is 1.92. The molecule has 12 nitrogen and oxygen atoms in total. The molecule has 2 aromatic rings. The van der Waals surface area contributed by atoms with Crippen LogP contribution in [0.2, 0.25) is 0 Å². The number of carbonyl (C=O) groups excluding carboxylic acids is 2. The number of hydrogen-bond acceptors (Lipinski definition) is 8. The number of nitrogen functional groups attached to an aromatic ring is 1. The van der Waals surface area contributed by atoms with Crippen molar-refractivity contribution in [2.24, 2.45) is 0 Å². The third-order valence-corrected chi connectivity index (χ3v) is 3.57. The van der Waals surface area contributed by atoms with Gasteiger partial charge in [-0.3, -0.25) is 44.5 Å². The van der Waals surface area contributed by atoms with Crippen LogP contribution in [0.5, 0.6) is 0 Å². The summed E-state index contributed by atoms with van der Waals surface area (Å²) in [6, 6.07) is 3.88. The molecular weight excluding hydrogens is 338 g/mol. The second kappa shape index (κ2) is 5.23. The number of hydrogen-bond donors (Lipinski definition) is 2. The molecule has 0 bridgehead atoms. The third-order valence-electron chi connectivity index (χ3n) is 3.57. The maximum Gasteiger partial charge on any atom is 0.369 e. The van der Waals surface area contributed by atoms with Crippen molar-refractivity contribution >= 4 is 29.0 Å². The molecule has 25 heavy (non-hydrogen) atoms. The zero-order valence-corrected chi connectivity index (χ0v) is 12.1. The summed E-state index contributed by atoms with van der Waals surface area (Å²) in [6.07, 6.45) is 0. The summed E-state index contributed by atoms with van der Waals surface area (Å²) in [5.74, 6) is -2.24. The smallest absolute Gasteiger partial charge is 0.369 e. The van der Waals surface area contributed by atoms with Crippen molar-refractivity contribution in [3.05, 3.63) is 66.0 Å². The first-order valence-corrected chi connectivity index (χ1v) is 6.57. The lowest BCUT2D eigenvalue weighted by atomic mass is 10.1. The molecule has 1 aromatic heterocycles. The molecule has 0 unspecified atom stereocenters. The van der Waals surface area contributed by atoms with Gasteiger partial charge in [-0.25, -0.2) is 0 Å². The van der Waals surface area contributed by atoms with Crippen LogP contribution in [-0.4, -0.2) is 26.2 Å². The fourth-order valence-electron chi connectivity index (χ4n) is 2.56. The van der Waals surface area contributed by atoms with Gasteiger partial charge in [-0.2, -0.15) is 0 Å². The second-order valence-corrected chi connectivity index (χ2v) is 4.93. The Morgan fingerprint density at radius 2 is 1.72 bits per heavy atom. The Hall–Kier alpha value is -4.09. The Kier molecular flexibility index (Phi) is 3.30. The van der Waals surface area contributed by atoms with Gasteiger partial charge in [0.2, 0.25) is 0 Å². The molecule has 1 aliphatic heterocycles. The molecule has 0 saturated carbocycles. The number of amides is 2. The number of nitrogens with zero attached hydrogens (tertiary/aromatic N) is 3. The standard InChI is InChI=1S/C13H7N5O7/c14-11-9-5(12(20)15-13(9)21)4-8(19)16(11)6-2-1-3-7(17(22)23)10(6)18(24)25/h1-4H,14H2,(H,15,20,21). The molecule has 0 saturated heterocycles.